The smallest absolute Gasteiger partial charge is 0.118 e. The number of aryl methyl sites for hydroxylation is 1. The molecular weight excluding hydrogens is 246 g/mol. The quantitative estimate of drug-likeness (QED) is 0.617. The highest BCUT2D eigenvalue weighted by molar-refractivity contribution is 7.98. The third kappa shape index (κ3) is 3.92. The van der Waals surface area contributed by atoms with Gasteiger partial charge in [-0.15, -0.1) is 11.8 Å². The first-order valence-electron chi connectivity index (χ1n) is 6.17. The molecule has 2 rings (SSSR count). The molecule has 0 bridgehead atoms. The number of hydrogen-bond acceptors (Lipinski definition) is 4. The molecule has 0 spiro atoms. The van der Waals surface area contributed by atoms with Gasteiger partial charge in [0, 0.05) is 18.1 Å². The van der Waals surface area contributed by atoms with Crippen LogP contribution in [0.15, 0.2) is 33.8 Å². The van der Waals surface area contributed by atoms with E-state index in [0.717, 1.165) is 36.8 Å². The minimum absolute atomic E-state index is 0.811. The molecule has 2 heterocycles. The SMILES string of the molecule is CCCNCc1ccc(CSc2cnn(C)c2)o1. The molecule has 0 atom stereocenters. The van der Waals surface area contributed by atoms with Crippen LogP contribution in [-0.2, 0) is 19.3 Å². The Morgan fingerprint density at radius 1 is 1.39 bits per heavy atom. The fourth-order valence-electron chi connectivity index (χ4n) is 1.61. The Hall–Kier alpha value is -1.20. The van der Waals surface area contributed by atoms with E-state index in [-0.39, 0.29) is 0 Å². The largest absolute Gasteiger partial charge is 0.464 e. The number of thioether (sulfide) groups is 1. The first kappa shape index (κ1) is 13.2. The van der Waals surface area contributed by atoms with E-state index in [1.54, 1.807) is 11.8 Å². The molecule has 2 aromatic heterocycles. The summed E-state index contributed by atoms with van der Waals surface area (Å²) < 4.78 is 7.56. The van der Waals surface area contributed by atoms with E-state index in [1.807, 2.05) is 36.3 Å². The maximum atomic E-state index is 5.75. The Balaban J connectivity index is 1.79. The lowest BCUT2D eigenvalue weighted by Gasteiger charge is -1.99. The fourth-order valence-corrected chi connectivity index (χ4v) is 2.42. The zero-order valence-electron chi connectivity index (χ0n) is 10.8. The third-order valence-electron chi connectivity index (χ3n) is 2.51. The lowest BCUT2D eigenvalue weighted by molar-refractivity contribution is 0.459. The predicted octanol–water partition coefficient (Wildman–Crippen LogP) is 2.81. The molecular formula is C13H19N3OS. The van der Waals surface area contributed by atoms with Gasteiger partial charge in [0.15, 0.2) is 0 Å². The molecule has 0 aromatic carbocycles. The van der Waals surface area contributed by atoms with E-state index in [0.29, 0.717) is 0 Å². The Labute approximate surface area is 112 Å². The van der Waals surface area contributed by atoms with E-state index in [2.05, 4.69) is 17.3 Å². The number of nitrogens with zero attached hydrogens (tertiary/aromatic N) is 2. The van der Waals surface area contributed by atoms with Crippen LogP contribution in [0.4, 0.5) is 0 Å². The predicted molar refractivity (Wildman–Crippen MR) is 73.5 cm³/mol. The van der Waals surface area contributed by atoms with Gasteiger partial charge < -0.3 is 9.73 Å². The lowest BCUT2D eigenvalue weighted by atomic mass is 10.4. The Kier molecular flexibility index (Phi) is 4.90. The van der Waals surface area contributed by atoms with Crippen LogP contribution >= 0.6 is 11.8 Å². The molecule has 18 heavy (non-hydrogen) atoms. The Morgan fingerprint density at radius 3 is 2.94 bits per heavy atom. The van der Waals surface area contributed by atoms with Crippen LogP contribution in [0.25, 0.3) is 0 Å². The molecule has 1 N–H and O–H groups in total. The van der Waals surface area contributed by atoms with E-state index in [4.69, 9.17) is 4.42 Å². The summed E-state index contributed by atoms with van der Waals surface area (Å²) in [5.74, 6) is 2.86. The average Bonchev–Trinajstić information content (AvgIpc) is 2.96. The van der Waals surface area contributed by atoms with Crippen LogP contribution in [-0.4, -0.2) is 16.3 Å². The van der Waals surface area contributed by atoms with Crippen molar-refractivity contribution in [3.8, 4) is 0 Å². The second kappa shape index (κ2) is 6.66. The second-order valence-electron chi connectivity index (χ2n) is 4.18. The number of furan rings is 1. The van der Waals surface area contributed by atoms with Gasteiger partial charge in [0.1, 0.15) is 11.5 Å². The summed E-state index contributed by atoms with van der Waals surface area (Å²) in [5, 5.41) is 7.47. The molecule has 0 aliphatic heterocycles. The molecule has 2 aromatic rings. The molecule has 0 saturated heterocycles. The van der Waals surface area contributed by atoms with Crippen LogP contribution in [0.5, 0.6) is 0 Å². The second-order valence-corrected chi connectivity index (χ2v) is 5.23. The summed E-state index contributed by atoms with van der Waals surface area (Å²) in [6, 6.07) is 4.09. The van der Waals surface area contributed by atoms with Gasteiger partial charge in [0.2, 0.25) is 0 Å². The van der Waals surface area contributed by atoms with E-state index in [9.17, 15) is 0 Å². The van der Waals surface area contributed by atoms with Gasteiger partial charge in [-0.25, -0.2) is 0 Å². The van der Waals surface area contributed by atoms with E-state index in [1.165, 1.54) is 4.90 Å². The maximum absolute atomic E-state index is 5.75. The zero-order chi connectivity index (χ0) is 12.8. The van der Waals surface area contributed by atoms with Crippen molar-refractivity contribution in [2.75, 3.05) is 6.54 Å². The number of hydrogen-bond donors (Lipinski definition) is 1. The molecule has 0 saturated carbocycles. The van der Waals surface area contributed by atoms with Gasteiger partial charge in [-0.05, 0) is 25.1 Å². The maximum Gasteiger partial charge on any atom is 0.118 e. The first-order valence-corrected chi connectivity index (χ1v) is 7.16. The van der Waals surface area contributed by atoms with Crippen molar-refractivity contribution in [3.63, 3.8) is 0 Å². The molecule has 0 amide bonds. The molecule has 0 aliphatic carbocycles. The van der Waals surface area contributed by atoms with Gasteiger partial charge in [-0.2, -0.15) is 5.10 Å². The van der Waals surface area contributed by atoms with Crippen molar-refractivity contribution in [3.05, 3.63) is 36.0 Å². The zero-order valence-corrected chi connectivity index (χ0v) is 11.7. The molecule has 0 aliphatic rings. The minimum Gasteiger partial charge on any atom is -0.464 e. The Bertz CT molecular complexity index is 478. The van der Waals surface area contributed by atoms with Crippen LogP contribution in [0.2, 0.25) is 0 Å². The van der Waals surface area contributed by atoms with Crippen molar-refractivity contribution < 1.29 is 4.42 Å². The minimum atomic E-state index is 0.811. The van der Waals surface area contributed by atoms with Crippen molar-refractivity contribution >= 4 is 11.8 Å². The monoisotopic (exact) mass is 265 g/mol. The Morgan fingerprint density at radius 2 is 2.22 bits per heavy atom. The van der Waals surface area contributed by atoms with Crippen LogP contribution in [0, 0.1) is 0 Å². The number of rotatable bonds is 7. The normalized spacial score (nSPS) is 11.0. The van der Waals surface area contributed by atoms with Gasteiger partial charge >= 0.3 is 0 Å². The van der Waals surface area contributed by atoms with Crippen LogP contribution in [0.3, 0.4) is 0 Å². The van der Waals surface area contributed by atoms with Crippen molar-refractivity contribution in [1.29, 1.82) is 0 Å². The van der Waals surface area contributed by atoms with Gasteiger partial charge in [-0.3, -0.25) is 4.68 Å². The van der Waals surface area contributed by atoms with Gasteiger partial charge in [-0.1, -0.05) is 6.92 Å². The molecule has 0 unspecified atom stereocenters. The summed E-state index contributed by atoms with van der Waals surface area (Å²) in [6.07, 6.45) is 5.03. The van der Waals surface area contributed by atoms with Crippen LogP contribution in [0.1, 0.15) is 24.9 Å². The van der Waals surface area contributed by atoms with Gasteiger partial charge in [0.25, 0.3) is 0 Å². The van der Waals surface area contributed by atoms with Crippen molar-refractivity contribution in [2.24, 2.45) is 7.05 Å². The van der Waals surface area contributed by atoms with Gasteiger partial charge in [0.05, 0.1) is 18.5 Å². The van der Waals surface area contributed by atoms with Crippen molar-refractivity contribution in [1.82, 2.24) is 15.1 Å². The standard InChI is InChI=1S/C13H19N3OS/c1-3-6-14-7-11-4-5-12(17-11)10-18-13-8-15-16(2)9-13/h4-5,8-9,14H,3,6-7,10H2,1-2H3. The van der Waals surface area contributed by atoms with Crippen molar-refractivity contribution in [2.45, 2.75) is 30.5 Å². The van der Waals surface area contributed by atoms with E-state index >= 15 is 0 Å². The summed E-state index contributed by atoms with van der Waals surface area (Å²) in [4.78, 5) is 1.17. The van der Waals surface area contributed by atoms with Crippen LogP contribution < -0.4 is 5.32 Å². The third-order valence-corrected chi connectivity index (χ3v) is 3.48. The van der Waals surface area contributed by atoms with E-state index < -0.39 is 0 Å². The molecule has 0 radical (unpaired) electrons. The molecule has 0 fully saturated rings. The average molecular weight is 265 g/mol. The summed E-state index contributed by atoms with van der Waals surface area (Å²) in [5.41, 5.74) is 0. The lowest BCUT2D eigenvalue weighted by Crippen LogP contribution is -2.12. The fraction of sp³-hybridized carbons (Fsp3) is 0.462. The first-order chi connectivity index (χ1) is 8.78. The highest BCUT2D eigenvalue weighted by Crippen LogP contribution is 2.22. The summed E-state index contributed by atoms with van der Waals surface area (Å²) in [7, 11) is 1.93. The topological polar surface area (TPSA) is 43.0 Å². The molecule has 98 valence electrons. The highest BCUT2D eigenvalue weighted by atomic mass is 32.2. The summed E-state index contributed by atoms with van der Waals surface area (Å²) >= 11 is 1.74. The number of nitrogens with one attached hydrogen (secondary N) is 1. The molecule has 4 nitrogen and oxygen atoms in total. The number of aromatic nitrogens is 2. The highest BCUT2D eigenvalue weighted by Gasteiger charge is 2.03. The molecule has 5 heteroatoms. The summed E-state index contributed by atoms with van der Waals surface area (Å²) in [6.45, 7) is 4.00.